The van der Waals surface area contributed by atoms with E-state index in [4.69, 9.17) is 4.74 Å². The van der Waals surface area contributed by atoms with Crippen LogP contribution in [0, 0.1) is 68.9 Å². The molecule has 1 atom stereocenters. The predicted molar refractivity (Wildman–Crippen MR) is 121 cm³/mol. The molecule has 2 nitrogen and oxygen atoms in total. The van der Waals surface area contributed by atoms with Crippen molar-refractivity contribution in [3.05, 3.63) is 124 Å². The molecule has 0 N–H and O–H groups in total. The van der Waals surface area contributed by atoms with Gasteiger partial charge in [0, 0.05) is 11.6 Å². The molecule has 0 aliphatic heterocycles. The standard InChI is InChI=1S/C21H20O2P.C5H5.Fe/c1-16(21(22)23-2)19-14-9-15-20(19)24(17-10-5-3-6-11-17)18-12-7-4-8-13-18;1-2-4-5-3-1;/h3-16H,1-2H3;1-5H;/q;;+2. The Labute approximate surface area is 194 Å². The van der Waals surface area contributed by atoms with E-state index in [0.29, 0.717) is 0 Å². The maximum Gasteiger partial charge on any atom is 2.00 e. The van der Waals surface area contributed by atoms with Crippen LogP contribution in [0.1, 0.15) is 6.92 Å². The fourth-order valence-corrected chi connectivity index (χ4v) is 5.76. The van der Waals surface area contributed by atoms with Crippen molar-refractivity contribution in [1.29, 1.82) is 0 Å². The van der Waals surface area contributed by atoms with E-state index in [1.54, 1.807) is 0 Å². The van der Waals surface area contributed by atoms with E-state index in [1.165, 1.54) is 23.4 Å². The zero-order valence-corrected chi connectivity index (χ0v) is 19.1. The van der Waals surface area contributed by atoms with Gasteiger partial charge < -0.3 is 4.74 Å². The number of benzene rings is 2. The van der Waals surface area contributed by atoms with E-state index in [-0.39, 0.29) is 29.0 Å². The number of rotatable bonds is 5. The van der Waals surface area contributed by atoms with Gasteiger partial charge in [0.15, 0.2) is 0 Å². The van der Waals surface area contributed by atoms with E-state index < -0.39 is 7.92 Å². The van der Waals surface area contributed by atoms with Crippen LogP contribution < -0.4 is 10.6 Å². The molecule has 2 aliphatic rings. The summed E-state index contributed by atoms with van der Waals surface area (Å²) in [4.78, 5) is 12.0. The SMILES string of the molecule is COC(=O)C(C)[C]1[CH][CH][CH][C]1P(c1ccccc1)c1ccccc1.[CH]1[CH][CH][CH][CH]1.[Fe+2]. The normalized spacial score (nSPS) is 17.7. The Morgan fingerprint density at radius 2 is 1.23 bits per heavy atom. The number of esters is 1. The van der Waals surface area contributed by atoms with Crippen LogP contribution in [0.3, 0.4) is 0 Å². The van der Waals surface area contributed by atoms with Gasteiger partial charge in [0.25, 0.3) is 0 Å². The van der Waals surface area contributed by atoms with Crippen LogP contribution in [-0.2, 0) is 26.6 Å². The summed E-state index contributed by atoms with van der Waals surface area (Å²) in [6.45, 7) is 1.91. The van der Waals surface area contributed by atoms with Crippen LogP contribution in [0.2, 0.25) is 0 Å². The third-order valence-electron chi connectivity index (χ3n) is 4.67. The minimum absolute atomic E-state index is 0. The number of hydrogen-bond acceptors (Lipinski definition) is 2. The number of carbonyl (C=O) groups excluding carboxylic acids is 1. The summed E-state index contributed by atoms with van der Waals surface area (Å²) in [6, 6.07) is 21.0. The predicted octanol–water partition coefficient (Wildman–Crippen LogP) is 4.68. The second kappa shape index (κ2) is 13.3. The molecule has 152 valence electrons. The molecule has 4 heteroatoms. The van der Waals surface area contributed by atoms with E-state index in [2.05, 4.69) is 55.0 Å². The smallest absolute Gasteiger partial charge is 0.469 e. The molecule has 2 saturated carbocycles. The summed E-state index contributed by atoms with van der Waals surface area (Å²) in [6.07, 6.45) is 16.2. The first-order valence-electron chi connectivity index (χ1n) is 9.62. The van der Waals surface area contributed by atoms with Gasteiger partial charge in [-0.1, -0.05) is 67.6 Å². The maximum absolute atomic E-state index is 12.0. The van der Waals surface area contributed by atoms with Crippen LogP contribution in [0.4, 0.5) is 0 Å². The first-order valence-corrected chi connectivity index (χ1v) is 11.0. The Morgan fingerprint density at radius 1 is 0.767 bits per heavy atom. The Kier molecular flexibility index (Phi) is 11.1. The molecule has 2 aromatic rings. The van der Waals surface area contributed by atoms with Gasteiger partial charge in [0.1, 0.15) is 0 Å². The van der Waals surface area contributed by atoms with Crippen molar-refractivity contribution in [3.8, 4) is 0 Å². The van der Waals surface area contributed by atoms with Crippen LogP contribution in [0.5, 0.6) is 0 Å². The molecular formula is C26H25FeO2P+2. The zero-order chi connectivity index (χ0) is 20.5. The summed E-state index contributed by atoms with van der Waals surface area (Å²) in [5.41, 5.74) is 1.22. The molecule has 0 aromatic heterocycles. The molecule has 0 saturated heterocycles. The van der Waals surface area contributed by atoms with Gasteiger partial charge >= 0.3 is 23.0 Å². The van der Waals surface area contributed by atoms with Crippen molar-refractivity contribution in [3.63, 3.8) is 0 Å². The van der Waals surface area contributed by atoms with Crippen molar-refractivity contribution in [2.24, 2.45) is 5.92 Å². The van der Waals surface area contributed by atoms with Gasteiger partial charge in [-0.15, -0.1) is 0 Å². The monoisotopic (exact) mass is 456 g/mol. The Bertz CT molecular complexity index is 686. The number of carbonyl (C=O) groups is 1. The molecule has 30 heavy (non-hydrogen) atoms. The second-order valence-corrected chi connectivity index (χ2v) is 8.77. The van der Waals surface area contributed by atoms with E-state index in [0.717, 1.165) is 5.92 Å². The third kappa shape index (κ3) is 6.68. The summed E-state index contributed by atoms with van der Waals surface area (Å²) < 4.78 is 4.95. The Morgan fingerprint density at radius 3 is 1.67 bits per heavy atom. The molecule has 2 fully saturated rings. The van der Waals surface area contributed by atoms with Crippen molar-refractivity contribution in [2.75, 3.05) is 7.11 Å². The molecule has 0 amide bonds. The number of ether oxygens (including phenoxy) is 1. The Balaban J connectivity index is 0.000000468. The summed E-state index contributed by atoms with van der Waals surface area (Å²) in [7, 11) is 0.743. The average molecular weight is 456 g/mol. The summed E-state index contributed by atoms with van der Waals surface area (Å²) >= 11 is 0. The molecule has 0 heterocycles. The van der Waals surface area contributed by atoms with E-state index >= 15 is 0 Å². The third-order valence-corrected chi connectivity index (χ3v) is 7.19. The molecule has 2 aliphatic carbocycles. The number of methoxy groups -OCH3 is 1. The van der Waals surface area contributed by atoms with Gasteiger partial charge in [0.05, 0.1) is 13.0 Å². The second-order valence-electron chi connectivity index (χ2n) is 6.58. The van der Waals surface area contributed by atoms with Gasteiger partial charge in [-0.3, -0.25) is 4.79 Å². The van der Waals surface area contributed by atoms with Crippen LogP contribution in [-0.4, -0.2) is 13.1 Å². The van der Waals surface area contributed by atoms with Gasteiger partial charge in [-0.25, -0.2) is 0 Å². The van der Waals surface area contributed by atoms with Crippen molar-refractivity contribution >= 4 is 24.5 Å². The summed E-state index contributed by atoms with van der Waals surface area (Å²) in [5, 5.41) is 2.56. The van der Waals surface area contributed by atoms with E-state index in [1.807, 2.05) is 64.0 Å². The van der Waals surface area contributed by atoms with E-state index in [9.17, 15) is 4.79 Å². The molecule has 1 unspecified atom stereocenters. The van der Waals surface area contributed by atoms with Crippen molar-refractivity contribution in [2.45, 2.75) is 6.92 Å². The largest absolute Gasteiger partial charge is 2.00 e. The van der Waals surface area contributed by atoms with Gasteiger partial charge in [-0.2, -0.15) is 0 Å². The quantitative estimate of drug-likeness (QED) is 0.371. The zero-order valence-electron chi connectivity index (χ0n) is 17.1. The van der Waals surface area contributed by atoms with Crippen molar-refractivity contribution in [1.82, 2.24) is 0 Å². The first kappa shape index (κ1) is 25.1. The minimum atomic E-state index is -0.700. The molecule has 4 rings (SSSR count). The van der Waals surface area contributed by atoms with Crippen LogP contribution in [0.25, 0.3) is 0 Å². The van der Waals surface area contributed by atoms with Crippen LogP contribution in [0.15, 0.2) is 60.7 Å². The van der Waals surface area contributed by atoms with Crippen molar-refractivity contribution < 1.29 is 26.6 Å². The van der Waals surface area contributed by atoms with Gasteiger partial charge in [-0.05, 0) is 69.9 Å². The molecule has 10 radical (unpaired) electrons. The topological polar surface area (TPSA) is 26.3 Å². The number of hydrogen-bond donors (Lipinski definition) is 0. The van der Waals surface area contributed by atoms with Gasteiger partial charge in [0.2, 0.25) is 0 Å². The van der Waals surface area contributed by atoms with Crippen LogP contribution >= 0.6 is 7.92 Å². The molecule has 2 aromatic carbocycles. The molecule has 0 bridgehead atoms. The maximum atomic E-state index is 12.0. The average Bonchev–Trinajstić information content (AvgIpc) is 3.50. The first-order chi connectivity index (χ1) is 14.2. The molecule has 0 spiro atoms. The summed E-state index contributed by atoms with van der Waals surface area (Å²) in [5.74, 6) is 0.594. The fraction of sp³-hybridized carbons (Fsp3) is 0.115. The Hall–Kier alpha value is -1.14. The minimum Gasteiger partial charge on any atom is -0.469 e. The molecular weight excluding hydrogens is 431 g/mol. The fourth-order valence-electron chi connectivity index (χ4n) is 3.20.